The van der Waals surface area contributed by atoms with E-state index in [-0.39, 0.29) is 5.41 Å². The highest BCUT2D eigenvalue weighted by Gasteiger charge is 2.42. The van der Waals surface area contributed by atoms with E-state index in [0.717, 1.165) is 41.4 Å². The lowest BCUT2D eigenvalue weighted by atomic mass is 9.70. The van der Waals surface area contributed by atoms with E-state index in [1.807, 2.05) is 18.2 Å². The van der Waals surface area contributed by atoms with Crippen molar-refractivity contribution in [2.45, 2.75) is 25.8 Å². The Kier molecular flexibility index (Phi) is 4.50. The molecule has 2 N–H and O–H groups in total. The topological polar surface area (TPSA) is 47.9 Å². The van der Waals surface area contributed by atoms with Gasteiger partial charge in [-0.1, -0.05) is 41.9 Å². The molecule has 0 aliphatic carbocycles. The minimum absolute atomic E-state index is 0.0217. The number of rotatable bonds is 2. The third-order valence-electron chi connectivity index (χ3n) is 5.31. The maximum Gasteiger partial charge on any atom is 0.108 e. The highest BCUT2D eigenvalue weighted by atomic mass is 35.5. The summed E-state index contributed by atoms with van der Waals surface area (Å²) in [5.74, 6) is 1.04. The van der Waals surface area contributed by atoms with Crippen LogP contribution in [-0.2, 0) is 13.0 Å². The number of para-hydroxylation sites is 1. The molecule has 1 fully saturated rings. The predicted octanol–water partition coefficient (Wildman–Crippen LogP) is 4.38. The third-order valence-corrected chi connectivity index (χ3v) is 5.54. The smallest absolute Gasteiger partial charge is 0.108 e. The Bertz CT molecular complexity index is 797. The molecule has 2 aromatic rings. The summed E-state index contributed by atoms with van der Waals surface area (Å²) in [4.78, 5) is 4.94. The van der Waals surface area contributed by atoms with Crippen molar-refractivity contribution >= 4 is 23.1 Å². The summed E-state index contributed by atoms with van der Waals surface area (Å²) in [6.07, 6.45) is 2.77. The van der Waals surface area contributed by atoms with Crippen LogP contribution in [0.3, 0.4) is 0 Å². The number of hydroxylamine groups is 2. The van der Waals surface area contributed by atoms with Crippen LogP contribution in [0, 0.1) is 5.41 Å². The highest BCUT2D eigenvalue weighted by molar-refractivity contribution is 6.30. The number of hydrogen-bond donors (Lipinski definition) is 2. The van der Waals surface area contributed by atoms with E-state index in [4.69, 9.17) is 16.6 Å². The lowest BCUT2D eigenvalue weighted by Crippen LogP contribution is -2.49. The van der Waals surface area contributed by atoms with Crippen molar-refractivity contribution in [3.05, 3.63) is 64.7 Å². The van der Waals surface area contributed by atoms with Gasteiger partial charge in [0.15, 0.2) is 0 Å². The fourth-order valence-corrected chi connectivity index (χ4v) is 4.07. The van der Waals surface area contributed by atoms with Crippen molar-refractivity contribution < 1.29 is 5.21 Å². The van der Waals surface area contributed by atoms with E-state index in [1.54, 1.807) is 0 Å². The number of aliphatic imine (C=N–C) groups is 1. The van der Waals surface area contributed by atoms with Crippen LogP contribution in [0.25, 0.3) is 0 Å². The number of benzene rings is 2. The van der Waals surface area contributed by atoms with Crippen LogP contribution in [0.15, 0.2) is 53.5 Å². The minimum atomic E-state index is -0.0217. The molecule has 0 amide bonds. The average Bonchev–Trinajstić information content (AvgIpc) is 2.62. The number of piperidine rings is 1. The molecule has 0 atom stereocenters. The molecule has 2 aromatic carbocycles. The van der Waals surface area contributed by atoms with Gasteiger partial charge in [-0.15, -0.1) is 0 Å². The van der Waals surface area contributed by atoms with Gasteiger partial charge in [-0.25, -0.2) is 0 Å². The van der Waals surface area contributed by atoms with Crippen molar-refractivity contribution in [3.63, 3.8) is 0 Å². The van der Waals surface area contributed by atoms with Crippen LogP contribution in [-0.4, -0.2) is 29.2 Å². The summed E-state index contributed by atoms with van der Waals surface area (Å²) in [6, 6.07) is 16.3. The van der Waals surface area contributed by atoms with Crippen LogP contribution in [0.4, 0.5) is 5.69 Å². The molecule has 1 spiro atoms. The summed E-state index contributed by atoms with van der Waals surface area (Å²) in [5, 5.41) is 15.5. The fourth-order valence-electron chi connectivity index (χ4n) is 3.85. The second kappa shape index (κ2) is 6.79. The molecule has 1 saturated heterocycles. The lowest BCUT2D eigenvalue weighted by Gasteiger charge is -2.44. The van der Waals surface area contributed by atoms with E-state index >= 15 is 0 Å². The van der Waals surface area contributed by atoms with Crippen LogP contribution >= 0.6 is 11.6 Å². The van der Waals surface area contributed by atoms with Gasteiger partial charge in [0.2, 0.25) is 0 Å². The first-order chi connectivity index (χ1) is 12.1. The van der Waals surface area contributed by atoms with Crippen molar-refractivity contribution in [3.8, 4) is 0 Å². The zero-order valence-electron chi connectivity index (χ0n) is 14.1. The van der Waals surface area contributed by atoms with Gasteiger partial charge in [0.1, 0.15) is 5.84 Å². The molecule has 25 heavy (non-hydrogen) atoms. The quantitative estimate of drug-likeness (QED) is 0.840. The van der Waals surface area contributed by atoms with Gasteiger partial charge < -0.3 is 10.5 Å². The van der Waals surface area contributed by atoms with Crippen molar-refractivity contribution in [2.75, 3.05) is 18.4 Å². The van der Waals surface area contributed by atoms with Crippen molar-refractivity contribution in [2.24, 2.45) is 10.4 Å². The monoisotopic (exact) mass is 355 g/mol. The molecule has 2 heterocycles. The van der Waals surface area contributed by atoms with Gasteiger partial charge >= 0.3 is 0 Å². The average molecular weight is 356 g/mol. The predicted molar refractivity (Wildman–Crippen MR) is 101 cm³/mol. The second-order valence-corrected chi connectivity index (χ2v) is 7.42. The SMILES string of the molecule is ON1CCC2(CC1)Cc1ccccc1NC2=NCc1cccc(Cl)c1. The number of halogens is 1. The van der Waals surface area contributed by atoms with Gasteiger partial charge in [-0.05, 0) is 48.6 Å². The van der Waals surface area contributed by atoms with E-state index in [1.165, 1.54) is 10.6 Å². The number of nitrogens with one attached hydrogen (secondary N) is 1. The molecule has 0 aromatic heterocycles. The van der Waals surface area contributed by atoms with E-state index in [0.29, 0.717) is 19.6 Å². The molecule has 0 bridgehead atoms. The molecular weight excluding hydrogens is 334 g/mol. The van der Waals surface area contributed by atoms with Crippen molar-refractivity contribution in [1.29, 1.82) is 0 Å². The van der Waals surface area contributed by atoms with E-state index < -0.39 is 0 Å². The molecule has 130 valence electrons. The number of fused-ring (bicyclic) bond motifs is 1. The molecule has 2 aliphatic rings. The largest absolute Gasteiger partial charge is 0.343 e. The van der Waals surface area contributed by atoms with Crippen molar-refractivity contribution in [1.82, 2.24) is 5.06 Å². The Hall–Kier alpha value is -1.88. The number of nitrogens with zero attached hydrogens (tertiary/aromatic N) is 2. The molecule has 2 aliphatic heterocycles. The fraction of sp³-hybridized carbons (Fsp3) is 0.350. The number of anilines is 1. The van der Waals surface area contributed by atoms with Crippen LogP contribution < -0.4 is 5.32 Å². The molecule has 0 radical (unpaired) electrons. The standard InChI is InChI=1S/C20H22ClN3O/c21-17-6-3-4-15(12-17)14-22-19-20(8-10-24(25)11-9-20)13-16-5-1-2-7-18(16)23-19/h1-7,12,25H,8-11,13-14H2,(H,22,23). The summed E-state index contributed by atoms with van der Waals surface area (Å²) in [6.45, 7) is 1.97. The third kappa shape index (κ3) is 3.43. The summed E-state index contributed by atoms with van der Waals surface area (Å²) in [7, 11) is 0. The first kappa shape index (κ1) is 16.6. The maximum absolute atomic E-state index is 9.80. The summed E-state index contributed by atoms with van der Waals surface area (Å²) < 4.78 is 0. The van der Waals surface area contributed by atoms with Gasteiger partial charge in [0.25, 0.3) is 0 Å². The second-order valence-electron chi connectivity index (χ2n) is 6.99. The Morgan fingerprint density at radius 3 is 2.72 bits per heavy atom. The summed E-state index contributed by atoms with van der Waals surface area (Å²) in [5.41, 5.74) is 3.56. The molecule has 0 unspecified atom stereocenters. The molecular formula is C20H22ClN3O. The van der Waals surface area contributed by atoms with Gasteiger partial charge in [-0.2, -0.15) is 5.06 Å². The number of amidine groups is 1. The Balaban J connectivity index is 1.66. The lowest BCUT2D eigenvalue weighted by molar-refractivity contribution is -0.118. The summed E-state index contributed by atoms with van der Waals surface area (Å²) >= 11 is 6.09. The zero-order chi connectivity index (χ0) is 17.3. The molecule has 5 heteroatoms. The van der Waals surface area contributed by atoms with Gasteiger partial charge in [0, 0.05) is 29.2 Å². The van der Waals surface area contributed by atoms with E-state index in [9.17, 15) is 5.21 Å². The molecule has 4 nitrogen and oxygen atoms in total. The molecule has 0 saturated carbocycles. The van der Waals surface area contributed by atoms with Gasteiger partial charge in [0.05, 0.1) is 6.54 Å². The van der Waals surface area contributed by atoms with E-state index in [2.05, 4.69) is 35.6 Å². The maximum atomic E-state index is 9.80. The Morgan fingerprint density at radius 2 is 1.92 bits per heavy atom. The minimum Gasteiger partial charge on any atom is -0.343 e. The Labute approximate surface area is 153 Å². The van der Waals surface area contributed by atoms with Crippen LogP contribution in [0.5, 0.6) is 0 Å². The van der Waals surface area contributed by atoms with Gasteiger partial charge in [-0.3, -0.25) is 4.99 Å². The normalized spacial score (nSPS) is 21.1. The molecule has 4 rings (SSSR count). The highest BCUT2D eigenvalue weighted by Crippen LogP contribution is 2.42. The first-order valence-electron chi connectivity index (χ1n) is 8.73. The Morgan fingerprint density at radius 1 is 1.12 bits per heavy atom. The first-order valence-corrected chi connectivity index (χ1v) is 9.11. The number of hydrogen-bond acceptors (Lipinski definition) is 3. The zero-order valence-corrected chi connectivity index (χ0v) is 14.8. The van der Waals surface area contributed by atoms with Crippen LogP contribution in [0.1, 0.15) is 24.0 Å². The van der Waals surface area contributed by atoms with Crippen LogP contribution in [0.2, 0.25) is 5.02 Å².